The first-order valence-electron chi connectivity index (χ1n) is 10.4. The molecule has 176 valence electrons. The summed E-state index contributed by atoms with van der Waals surface area (Å²) < 4.78 is 11.4. The maximum Gasteiger partial charge on any atom is 0.339 e. The number of hydrogen-bond donors (Lipinski definition) is 5. The Bertz CT molecular complexity index is 1060. The van der Waals surface area contributed by atoms with Crippen LogP contribution in [0.3, 0.4) is 0 Å². The molecule has 33 heavy (non-hydrogen) atoms. The molecule has 0 spiro atoms. The number of para-hydroxylation sites is 1. The molecule has 0 radical (unpaired) electrons. The number of carboxylic acids is 1. The summed E-state index contributed by atoms with van der Waals surface area (Å²) in [6, 6.07) is 13.9. The maximum atomic E-state index is 13.2. The van der Waals surface area contributed by atoms with Crippen LogP contribution in [-0.4, -0.2) is 57.6 Å². The average Bonchev–Trinajstić information content (AvgIpc) is 2.89. The van der Waals surface area contributed by atoms with Crippen molar-refractivity contribution >= 4 is 31.1 Å². The van der Waals surface area contributed by atoms with Crippen molar-refractivity contribution in [1.29, 1.82) is 0 Å². The molecule has 2 aromatic rings. The second-order valence-corrected chi connectivity index (χ2v) is 9.46. The van der Waals surface area contributed by atoms with Crippen molar-refractivity contribution in [2.24, 2.45) is 0 Å². The molecule has 0 saturated carbocycles. The molecule has 0 fully saturated rings. The number of benzene rings is 2. The van der Waals surface area contributed by atoms with Crippen molar-refractivity contribution in [3.63, 3.8) is 0 Å². The highest BCUT2D eigenvalue weighted by atomic mass is 31.2. The van der Waals surface area contributed by atoms with E-state index in [-0.39, 0.29) is 12.8 Å². The van der Waals surface area contributed by atoms with Crippen LogP contribution in [-0.2, 0) is 31.8 Å². The third-order valence-corrected chi connectivity index (χ3v) is 5.90. The maximum absolute atomic E-state index is 13.2. The Hall–Kier alpha value is -3.04. The Morgan fingerprint density at radius 1 is 1.09 bits per heavy atom. The van der Waals surface area contributed by atoms with Crippen LogP contribution < -0.4 is 15.5 Å². The van der Waals surface area contributed by atoms with Gasteiger partial charge in [0, 0.05) is 5.69 Å². The predicted molar refractivity (Wildman–Crippen MR) is 121 cm³/mol. The number of rotatable bonds is 9. The van der Waals surface area contributed by atoms with E-state index in [1.54, 1.807) is 48.5 Å². The fourth-order valence-electron chi connectivity index (χ4n) is 3.76. The Morgan fingerprint density at radius 2 is 1.76 bits per heavy atom. The number of carbonyl (C=O) groups is 3. The number of fused-ring (bicyclic) bond motifs is 1. The number of aliphatic carboxylic acids is 1. The highest BCUT2D eigenvalue weighted by Gasteiger charge is 2.34. The van der Waals surface area contributed by atoms with Crippen LogP contribution in [0.2, 0.25) is 0 Å². The number of aryl methyl sites for hydroxylation is 1. The summed E-state index contributed by atoms with van der Waals surface area (Å²) in [4.78, 5) is 57.3. The minimum atomic E-state index is -4.42. The van der Waals surface area contributed by atoms with Crippen molar-refractivity contribution < 1.29 is 33.8 Å². The summed E-state index contributed by atoms with van der Waals surface area (Å²) in [5.74, 6) is -2.34. The van der Waals surface area contributed by atoms with Gasteiger partial charge in [0.2, 0.25) is 11.8 Å². The van der Waals surface area contributed by atoms with Gasteiger partial charge in [-0.2, -0.15) is 0 Å². The molecule has 0 aliphatic carbocycles. The highest BCUT2D eigenvalue weighted by Crippen LogP contribution is 2.32. The van der Waals surface area contributed by atoms with Crippen molar-refractivity contribution in [3.8, 4) is 0 Å². The Morgan fingerprint density at radius 3 is 2.42 bits per heavy atom. The molecule has 2 atom stereocenters. The second-order valence-electron chi connectivity index (χ2n) is 7.82. The molecule has 0 unspecified atom stereocenters. The Balaban J connectivity index is 1.80. The average molecular weight is 475 g/mol. The predicted octanol–water partition coefficient (Wildman–Crippen LogP) is 0.871. The Labute approximate surface area is 190 Å². The smallest absolute Gasteiger partial charge is 0.339 e. The Kier molecular flexibility index (Phi) is 7.99. The minimum absolute atomic E-state index is 0.145. The molecule has 1 aliphatic rings. The third kappa shape index (κ3) is 6.97. The van der Waals surface area contributed by atoms with Crippen molar-refractivity contribution in [2.45, 2.75) is 31.3 Å². The fourth-order valence-corrected chi connectivity index (χ4v) is 4.21. The minimum Gasteiger partial charge on any atom is -0.480 e. The third-order valence-electron chi connectivity index (χ3n) is 5.30. The molecule has 1 aliphatic heterocycles. The lowest BCUT2D eigenvalue weighted by atomic mass is 10.0. The number of carbonyl (C=O) groups excluding carboxylic acids is 2. The van der Waals surface area contributed by atoms with Gasteiger partial charge in [-0.25, -0.2) is 0 Å². The first-order chi connectivity index (χ1) is 15.6. The van der Waals surface area contributed by atoms with E-state index in [1.807, 2.05) is 6.07 Å². The monoisotopic (exact) mass is 475 g/mol. The van der Waals surface area contributed by atoms with E-state index in [0.717, 1.165) is 16.0 Å². The lowest BCUT2D eigenvalue weighted by Gasteiger charge is -2.26. The molecule has 3 rings (SSSR count). The van der Waals surface area contributed by atoms with E-state index in [9.17, 15) is 33.8 Å². The van der Waals surface area contributed by atoms with Gasteiger partial charge in [0.15, 0.2) is 0 Å². The standard InChI is InChI=1S/C22H26N3O7P/c26-20(27)13-25-19-9-5-4-8-16(19)10-11-17(22(25)29)24-21(28)18(23-14-33(30,31)32)12-15-6-2-1-3-7-15/h1-9,17-18,23H,10-14H2,(H,24,28)(H,26,27)(H2,30,31,32)/t17-,18-/m0/s1. The summed E-state index contributed by atoms with van der Waals surface area (Å²) in [5.41, 5.74) is 2.05. The zero-order chi connectivity index (χ0) is 24.0. The van der Waals surface area contributed by atoms with Gasteiger partial charge in [-0.15, -0.1) is 0 Å². The van der Waals surface area contributed by atoms with Crippen LogP contribution in [0, 0.1) is 0 Å². The summed E-state index contributed by atoms with van der Waals surface area (Å²) in [5, 5.41) is 14.6. The van der Waals surface area contributed by atoms with Gasteiger partial charge in [0.05, 0.1) is 12.3 Å². The van der Waals surface area contributed by atoms with Gasteiger partial charge >= 0.3 is 13.6 Å². The van der Waals surface area contributed by atoms with Crippen molar-refractivity contribution in [1.82, 2.24) is 10.6 Å². The summed E-state index contributed by atoms with van der Waals surface area (Å²) in [7, 11) is -4.42. The van der Waals surface area contributed by atoms with E-state index < -0.39 is 50.3 Å². The van der Waals surface area contributed by atoms with E-state index in [1.165, 1.54) is 0 Å². The van der Waals surface area contributed by atoms with Gasteiger partial charge in [0.25, 0.3) is 0 Å². The van der Waals surface area contributed by atoms with Gasteiger partial charge in [-0.05, 0) is 36.5 Å². The molecule has 5 N–H and O–H groups in total. The number of carboxylic acid groups (broad SMARTS) is 1. The topological polar surface area (TPSA) is 156 Å². The molecule has 0 saturated heterocycles. The van der Waals surface area contributed by atoms with Crippen LogP contribution in [0.1, 0.15) is 17.5 Å². The van der Waals surface area contributed by atoms with E-state index in [0.29, 0.717) is 12.1 Å². The molecule has 2 amide bonds. The molecule has 10 nitrogen and oxygen atoms in total. The molecule has 2 aromatic carbocycles. The van der Waals surface area contributed by atoms with E-state index in [2.05, 4.69) is 10.6 Å². The van der Waals surface area contributed by atoms with E-state index >= 15 is 0 Å². The first-order valence-corrected chi connectivity index (χ1v) is 12.2. The highest BCUT2D eigenvalue weighted by molar-refractivity contribution is 7.51. The normalized spacial score (nSPS) is 17.1. The molecular weight excluding hydrogens is 449 g/mol. The number of amides is 2. The summed E-state index contributed by atoms with van der Waals surface area (Å²) in [6.45, 7) is -0.549. The largest absolute Gasteiger partial charge is 0.480 e. The number of nitrogens with zero attached hydrogens (tertiary/aromatic N) is 1. The molecule has 1 heterocycles. The van der Waals surface area contributed by atoms with Gasteiger partial charge in [-0.3, -0.25) is 29.2 Å². The van der Waals surface area contributed by atoms with E-state index in [4.69, 9.17) is 0 Å². The lowest BCUT2D eigenvalue weighted by Crippen LogP contribution is -2.54. The molecule has 0 bridgehead atoms. The number of hydrogen-bond acceptors (Lipinski definition) is 5. The van der Waals surface area contributed by atoms with Crippen LogP contribution in [0.25, 0.3) is 0 Å². The van der Waals surface area contributed by atoms with Crippen LogP contribution in [0.15, 0.2) is 54.6 Å². The van der Waals surface area contributed by atoms with Crippen LogP contribution in [0.5, 0.6) is 0 Å². The summed E-state index contributed by atoms with van der Waals surface area (Å²) in [6.07, 6.45) is 0.149. The lowest BCUT2D eigenvalue weighted by molar-refractivity contribution is -0.137. The fraction of sp³-hybridized carbons (Fsp3) is 0.318. The zero-order valence-corrected chi connectivity index (χ0v) is 18.6. The quantitative estimate of drug-likeness (QED) is 0.335. The van der Waals surface area contributed by atoms with Gasteiger partial charge in [-0.1, -0.05) is 48.5 Å². The van der Waals surface area contributed by atoms with Gasteiger partial charge in [0.1, 0.15) is 12.6 Å². The van der Waals surface area contributed by atoms with Crippen molar-refractivity contribution in [2.75, 3.05) is 17.7 Å². The molecule has 0 aromatic heterocycles. The zero-order valence-electron chi connectivity index (χ0n) is 17.8. The van der Waals surface area contributed by atoms with Crippen LogP contribution in [0.4, 0.5) is 5.69 Å². The van der Waals surface area contributed by atoms with Gasteiger partial charge < -0.3 is 20.2 Å². The number of nitrogens with one attached hydrogen (secondary N) is 2. The van der Waals surface area contributed by atoms with Crippen molar-refractivity contribution in [3.05, 3.63) is 65.7 Å². The first kappa shape index (κ1) is 24.6. The van der Waals surface area contributed by atoms with Crippen LogP contribution >= 0.6 is 7.60 Å². The second kappa shape index (κ2) is 10.7. The molecular formula is C22H26N3O7P. The number of anilines is 1. The SMILES string of the molecule is O=C(O)CN1C(=O)[C@@H](NC(=O)[C@H](Cc2ccccc2)NCP(=O)(O)O)CCc2ccccc21. The molecule has 11 heteroatoms. The summed E-state index contributed by atoms with van der Waals surface area (Å²) >= 11 is 0.